The highest BCUT2D eigenvalue weighted by Gasteiger charge is 2.62. The molecule has 7 rings (SSSR count). The van der Waals surface area contributed by atoms with Crippen molar-refractivity contribution in [2.24, 2.45) is 5.92 Å². The molecule has 4 heterocycles. The largest absolute Gasteiger partial charge is 0.473 e. The van der Waals surface area contributed by atoms with Crippen molar-refractivity contribution in [1.29, 1.82) is 0 Å². The molecule has 0 saturated heterocycles. The summed E-state index contributed by atoms with van der Waals surface area (Å²) in [7, 11) is 0. The number of hydrogen-bond donors (Lipinski definition) is 1. The van der Waals surface area contributed by atoms with Gasteiger partial charge in [0.05, 0.1) is 23.1 Å². The molecular weight excluding hydrogens is 1090 g/mol. The van der Waals surface area contributed by atoms with Crippen molar-refractivity contribution in [2.75, 3.05) is 0 Å². The number of pyridine rings is 2. The van der Waals surface area contributed by atoms with Crippen LogP contribution in [0.2, 0.25) is 0 Å². The molecule has 18 nitrogen and oxygen atoms in total. The Morgan fingerprint density at radius 2 is 1.11 bits per heavy atom. The number of rotatable bonds is 23. The van der Waals surface area contributed by atoms with Gasteiger partial charge >= 0.3 is 30.4 Å². The van der Waals surface area contributed by atoms with Gasteiger partial charge in [-0.15, -0.1) is 40.1 Å². The van der Waals surface area contributed by atoms with Crippen LogP contribution in [0.4, 0.5) is 64.1 Å². The summed E-state index contributed by atoms with van der Waals surface area (Å²) in [6.07, 6.45) is -18.0. The standard InChI is InChI=1S/C28H26F6N4O5.C21H16F6N4O5/c1-3-5-14-26(28(32,33)34,41-16-17-10-7-6-8-11-17)25-37-36-24(43-25)22-20(38(39)40)15-19(27(29,30)31)23(35-22)42-21(9-4-2)18-12-13-18;1-2-3-9-19(21(25,26)27,35-11-12-7-5-4-6-8-12)18-30-29-17(36-18)15-14(31(33)34)10-13(16(32)28-15)20(22,23)24/h3-4,6-8,10-11,15,18,21H,1-2,5,9,12-14,16H2;2,4-8,10H,1,3,9,11H2,(H,28,32)/t21?,26-;19-/m11/s1. The van der Waals surface area contributed by atoms with E-state index >= 15 is 0 Å². The molecule has 0 spiro atoms. The summed E-state index contributed by atoms with van der Waals surface area (Å²) in [6, 6.07) is 15.8. The van der Waals surface area contributed by atoms with Crippen LogP contribution in [0.15, 0.2) is 124 Å². The zero-order valence-corrected chi connectivity index (χ0v) is 40.5. The molecule has 1 N–H and O–H groups in total. The maximum atomic E-state index is 14.7. The Bertz CT molecular complexity index is 3180. The second-order valence-electron chi connectivity index (χ2n) is 17.2. The summed E-state index contributed by atoms with van der Waals surface area (Å²) in [6.45, 7) is 9.32. The lowest BCUT2D eigenvalue weighted by Crippen LogP contribution is -2.45. The van der Waals surface area contributed by atoms with Gasteiger partial charge in [0.1, 0.15) is 17.2 Å². The minimum Gasteiger partial charge on any atom is -0.473 e. The first-order valence-electron chi connectivity index (χ1n) is 23.0. The topological polar surface area (TPSA) is 238 Å². The molecule has 422 valence electrons. The maximum Gasteiger partial charge on any atom is 0.426 e. The molecule has 1 fully saturated rings. The van der Waals surface area contributed by atoms with Crippen molar-refractivity contribution < 1.29 is 85.6 Å². The smallest absolute Gasteiger partial charge is 0.426 e. The summed E-state index contributed by atoms with van der Waals surface area (Å²) in [5.41, 5.74) is -15.3. The second-order valence-corrected chi connectivity index (χ2v) is 17.2. The van der Waals surface area contributed by atoms with Crippen LogP contribution in [0.1, 0.15) is 79.0 Å². The van der Waals surface area contributed by atoms with Crippen LogP contribution in [0, 0.1) is 26.1 Å². The predicted molar refractivity (Wildman–Crippen MR) is 250 cm³/mol. The van der Waals surface area contributed by atoms with E-state index < -0.39 is 147 Å². The van der Waals surface area contributed by atoms with Crippen LogP contribution in [-0.4, -0.2) is 58.7 Å². The number of hydrogen-bond acceptors (Lipinski definition) is 15. The van der Waals surface area contributed by atoms with E-state index in [0.29, 0.717) is 24.0 Å². The Balaban J connectivity index is 0.000000259. The highest BCUT2D eigenvalue weighted by Crippen LogP contribution is 2.50. The number of halogens is 12. The summed E-state index contributed by atoms with van der Waals surface area (Å²) in [5.74, 6) is -5.33. The lowest BCUT2D eigenvalue weighted by molar-refractivity contribution is -0.384. The number of H-pyrrole nitrogens is 1. The van der Waals surface area contributed by atoms with Crippen molar-refractivity contribution in [1.82, 2.24) is 30.4 Å². The van der Waals surface area contributed by atoms with Gasteiger partial charge in [0.25, 0.3) is 34.8 Å². The molecule has 1 saturated carbocycles. The Labute approximate surface area is 437 Å². The molecular formula is C49H42F12N8O10. The highest BCUT2D eigenvalue weighted by molar-refractivity contribution is 5.65. The number of alkyl halides is 12. The molecule has 0 radical (unpaired) electrons. The molecule has 1 unspecified atom stereocenters. The van der Waals surface area contributed by atoms with Crippen molar-refractivity contribution in [3.05, 3.63) is 175 Å². The molecule has 2 aromatic carbocycles. The van der Waals surface area contributed by atoms with Crippen LogP contribution in [0.3, 0.4) is 0 Å². The third-order valence-electron chi connectivity index (χ3n) is 11.7. The third kappa shape index (κ3) is 13.9. The van der Waals surface area contributed by atoms with Gasteiger partial charge < -0.3 is 28.0 Å². The van der Waals surface area contributed by atoms with E-state index in [1.54, 1.807) is 41.4 Å². The van der Waals surface area contributed by atoms with Gasteiger partial charge in [-0.1, -0.05) is 78.9 Å². The summed E-state index contributed by atoms with van der Waals surface area (Å²) < 4.78 is 195. The van der Waals surface area contributed by atoms with Gasteiger partial charge in [0.2, 0.25) is 22.8 Å². The number of aromatic nitrogens is 6. The van der Waals surface area contributed by atoms with E-state index in [0.717, 1.165) is 0 Å². The van der Waals surface area contributed by atoms with E-state index in [-0.39, 0.29) is 37.3 Å². The lowest BCUT2D eigenvalue weighted by Gasteiger charge is -2.32. The van der Waals surface area contributed by atoms with Gasteiger partial charge in [0, 0.05) is 18.6 Å². The lowest BCUT2D eigenvalue weighted by atomic mass is 9.96. The zero-order chi connectivity index (χ0) is 58.1. The summed E-state index contributed by atoms with van der Waals surface area (Å²) in [4.78, 5) is 37.9. The Hall–Kier alpha value is -8.28. The van der Waals surface area contributed by atoms with E-state index in [2.05, 4.69) is 45.1 Å². The number of nitrogens with one attached hydrogen (secondary N) is 1. The quantitative estimate of drug-likeness (QED) is 0.0272. The van der Waals surface area contributed by atoms with Crippen molar-refractivity contribution in [3.63, 3.8) is 0 Å². The molecule has 1 aliphatic carbocycles. The first-order chi connectivity index (χ1) is 37.1. The average molecular weight is 1130 g/mol. The SMILES string of the molecule is C=CCC[C@@](OCc1ccccc1)(c1nnc(-c2[nH]c(=O)c(C(F)(F)F)cc2[N+](=O)[O-])o1)C(F)(F)F.C=CCC[C@@](OCc1ccccc1)(c1nnc(-c2nc(OC(CC=C)C3CC3)c(C(F)(F)F)cc2[N+](=O)[O-])o1)C(F)(F)F. The van der Waals surface area contributed by atoms with E-state index in [9.17, 15) is 77.7 Å². The molecule has 1 aliphatic rings. The van der Waals surface area contributed by atoms with Crippen molar-refractivity contribution >= 4 is 11.4 Å². The minimum absolute atomic E-state index is 0.0708. The van der Waals surface area contributed by atoms with Crippen LogP contribution in [0.25, 0.3) is 23.2 Å². The van der Waals surface area contributed by atoms with Crippen LogP contribution in [0.5, 0.6) is 5.88 Å². The number of allylic oxidation sites excluding steroid dienone is 2. The van der Waals surface area contributed by atoms with Gasteiger partial charge in [-0.05, 0) is 55.6 Å². The van der Waals surface area contributed by atoms with Gasteiger partial charge in [-0.25, -0.2) is 4.98 Å². The number of nitro groups is 2. The number of benzene rings is 2. The fraction of sp³-hybridized carbons (Fsp3) is 0.347. The van der Waals surface area contributed by atoms with Crippen LogP contribution < -0.4 is 10.3 Å². The minimum atomic E-state index is -5.24. The van der Waals surface area contributed by atoms with Gasteiger partial charge in [-0.2, -0.15) is 52.7 Å². The number of nitrogens with zero attached hydrogens (tertiary/aromatic N) is 7. The average Bonchev–Trinajstić information content (AvgIpc) is 4.18. The number of ether oxygens (including phenoxy) is 3. The molecule has 6 aromatic rings. The maximum absolute atomic E-state index is 14.7. The normalized spacial score (nSPS) is 14.9. The van der Waals surface area contributed by atoms with E-state index in [4.69, 9.17) is 23.0 Å². The molecule has 3 atom stereocenters. The predicted octanol–water partition coefficient (Wildman–Crippen LogP) is 13.0. The third-order valence-corrected chi connectivity index (χ3v) is 11.7. The molecule has 79 heavy (non-hydrogen) atoms. The van der Waals surface area contributed by atoms with Crippen LogP contribution >= 0.6 is 0 Å². The van der Waals surface area contributed by atoms with Crippen LogP contribution in [-0.2, 0) is 46.2 Å². The monoisotopic (exact) mass is 1130 g/mol. The van der Waals surface area contributed by atoms with Crippen molar-refractivity contribution in [2.45, 2.75) is 100 Å². The fourth-order valence-corrected chi connectivity index (χ4v) is 7.54. The van der Waals surface area contributed by atoms with Gasteiger partial charge in [0.15, 0.2) is 5.69 Å². The Kier molecular flexibility index (Phi) is 18.3. The highest BCUT2D eigenvalue weighted by atomic mass is 19.4. The number of aromatic amines is 1. The van der Waals surface area contributed by atoms with E-state index in [1.165, 1.54) is 42.5 Å². The van der Waals surface area contributed by atoms with E-state index in [1.807, 2.05) is 0 Å². The molecule has 4 aromatic heterocycles. The van der Waals surface area contributed by atoms with Crippen molar-refractivity contribution in [3.8, 4) is 29.0 Å². The second kappa shape index (κ2) is 24.2. The summed E-state index contributed by atoms with van der Waals surface area (Å²) >= 11 is 0. The molecule has 0 aliphatic heterocycles. The zero-order valence-electron chi connectivity index (χ0n) is 40.5. The molecule has 30 heteroatoms. The Morgan fingerprint density at radius 1 is 0.658 bits per heavy atom. The first-order valence-corrected chi connectivity index (χ1v) is 23.0. The Morgan fingerprint density at radius 3 is 1.53 bits per heavy atom. The molecule has 0 bridgehead atoms. The molecule has 0 amide bonds. The first kappa shape index (κ1) is 60.0. The fourth-order valence-electron chi connectivity index (χ4n) is 7.54. The summed E-state index contributed by atoms with van der Waals surface area (Å²) in [5, 5.41) is 36.9. The van der Waals surface area contributed by atoms with Gasteiger partial charge in [-0.3, -0.25) is 25.0 Å².